The minimum Gasteiger partial charge on any atom is -0.455 e. The van der Waals surface area contributed by atoms with Gasteiger partial charge in [0.05, 0.1) is 16.6 Å². The van der Waals surface area contributed by atoms with Crippen LogP contribution >= 0.6 is 11.3 Å². The number of nitrogens with zero attached hydrogens (tertiary/aromatic N) is 3. The van der Waals surface area contributed by atoms with Crippen molar-refractivity contribution in [2.75, 3.05) is 0 Å². The van der Waals surface area contributed by atoms with Crippen LogP contribution < -0.4 is 5.32 Å². The van der Waals surface area contributed by atoms with E-state index in [9.17, 15) is 0 Å². The minimum absolute atomic E-state index is 0.403. The molecule has 59 heavy (non-hydrogen) atoms. The number of fused-ring (bicyclic) bond motifs is 11. The van der Waals surface area contributed by atoms with Crippen molar-refractivity contribution in [1.29, 1.82) is 0 Å². The smallest absolute Gasteiger partial charge is 0.159 e. The number of para-hydroxylation sites is 2. The van der Waals surface area contributed by atoms with Gasteiger partial charge in [0.15, 0.2) is 5.84 Å². The quantitative estimate of drug-likeness (QED) is 0.194. The highest BCUT2D eigenvalue weighted by Gasteiger charge is 2.26. The number of thiophene rings is 1. The molecule has 1 aliphatic heterocycles. The standard InChI is InChI=1S/C53H32N4OS/c1-2-12-32-25-35(22-21-31(32)11-1)51-54-52(36-23-24-49-42(27-36)40-17-7-10-20-48(40)59-49)56-53(55-51)44-30-37(29-43-39-16-6-9-19-47(39)58-50(43)44)57-45-18-8-5-15-38(45)41-26-33-13-3-4-14-34(33)28-46(41)57/h1-30,51H,(H,54,55,56). The molecule has 0 aliphatic carbocycles. The van der Waals surface area contributed by atoms with Gasteiger partial charge in [0.1, 0.15) is 23.2 Å². The molecule has 9 aromatic carbocycles. The summed E-state index contributed by atoms with van der Waals surface area (Å²) in [4.78, 5) is 10.8. The summed E-state index contributed by atoms with van der Waals surface area (Å²) in [6, 6.07) is 65.1. The molecule has 0 fully saturated rings. The third-order valence-electron chi connectivity index (χ3n) is 12.0. The molecule has 1 atom stereocenters. The van der Waals surface area contributed by atoms with Crippen LogP contribution in [-0.2, 0) is 0 Å². The van der Waals surface area contributed by atoms with Gasteiger partial charge in [-0.05, 0) is 93.8 Å². The summed E-state index contributed by atoms with van der Waals surface area (Å²) in [5.41, 5.74) is 7.84. The Kier molecular flexibility index (Phi) is 6.88. The molecule has 0 bridgehead atoms. The predicted octanol–water partition coefficient (Wildman–Crippen LogP) is 13.9. The molecule has 13 rings (SSSR count). The normalized spacial score (nSPS) is 14.6. The van der Waals surface area contributed by atoms with Gasteiger partial charge in [-0.15, -0.1) is 11.3 Å². The Morgan fingerprint density at radius 1 is 0.508 bits per heavy atom. The zero-order valence-electron chi connectivity index (χ0n) is 31.6. The Morgan fingerprint density at radius 3 is 2.10 bits per heavy atom. The van der Waals surface area contributed by atoms with Gasteiger partial charge in [-0.3, -0.25) is 0 Å². The van der Waals surface area contributed by atoms with Crippen LogP contribution in [0.2, 0.25) is 0 Å². The van der Waals surface area contributed by atoms with Crippen LogP contribution in [0.1, 0.15) is 22.9 Å². The number of furan rings is 1. The van der Waals surface area contributed by atoms with Crippen molar-refractivity contribution in [1.82, 2.24) is 9.88 Å². The number of hydrogen-bond acceptors (Lipinski definition) is 5. The molecule has 3 aromatic heterocycles. The van der Waals surface area contributed by atoms with E-state index < -0.39 is 6.17 Å². The third kappa shape index (κ3) is 5.03. The Hall–Kier alpha value is -7.54. The van der Waals surface area contributed by atoms with Crippen molar-refractivity contribution < 1.29 is 4.42 Å². The van der Waals surface area contributed by atoms with Crippen LogP contribution in [0.5, 0.6) is 0 Å². The summed E-state index contributed by atoms with van der Waals surface area (Å²) >= 11 is 1.82. The van der Waals surface area contributed by atoms with E-state index in [0.717, 1.165) is 55.3 Å². The highest BCUT2D eigenvalue weighted by Crippen LogP contribution is 2.40. The van der Waals surface area contributed by atoms with Crippen LogP contribution in [0.15, 0.2) is 196 Å². The lowest BCUT2D eigenvalue weighted by Crippen LogP contribution is -2.33. The van der Waals surface area contributed by atoms with Crippen molar-refractivity contribution in [2.24, 2.45) is 9.98 Å². The Labute approximate surface area is 341 Å². The molecule has 6 heteroatoms. The predicted molar refractivity (Wildman–Crippen MR) is 248 cm³/mol. The van der Waals surface area contributed by atoms with Crippen molar-refractivity contribution in [3.05, 3.63) is 199 Å². The van der Waals surface area contributed by atoms with Gasteiger partial charge in [0, 0.05) is 53.0 Å². The molecule has 1 N–H and O–H groups in total. The molecule has 5 nitrogen and oxygen atoms in total. The molecular weight excluding hydrogens is 741 g/mol. The molecule has 0 saturated heterocycles. The van der Waals surface area contributed by atoms with E-state index in [1.807, 2.05) is 23.5 Å². The summed E-state index contributed by atoms with van der Waals surface area (Å²) in [6.45, 7) is 0. The average Bonchev–Trinajstić information content (AvgIpc) is 3.96. The number of aliphatic imine (C=N–C) groups is 2. The van der Waals surface area contributed by atoms with E-state index >= 15 is 0 Å². The van der Waals surface area contributed by atoms with Crippen molar-refractivity contribution in [3.8, 4) is 5.69 Å². The Balaban J connectivity index is 1.08. The third-order valence-corrected chi connectivity index (χ3v) is 13.1. The monoisotopic (exact) mass is 772 g/mol. The first-order valence-electron chi connectivity index (χ1n) is 19.9. The first-order chi connectivity index (χ1) is 29.2. The number of aromatic nitrogens is 1. The lowest BCUT2D eigenvalue weighted by atomic mass is 10.0. The maximum Gasteiger partial charge on any atom is 0.159 e. The maximum absolute atomic E-state index is 6.81. The Morgan fingerprint density at radius 2 is 1.22 bits per heavy atom. The average molecular weight is 773 g/mol. The number of benzene rings is 9. The van der Waals surface area contributed by atoms with Crippen molar-refractivity contribution in [2.45, 2.75) is 6.17 Å². The molecule has 0 amide bonds. The minimum atomic E-state index is -0.403. The molecule has 0 saturated carbocycles. The summed E-state index contributed by atoms with van der Waals surface area (Å²) in [7, 11) is 0. The van der Waals surface area contributed by atoms with Gasteiger partial charge in [-0.25, -0.2) is 9.98 Å². The lowest BCUT2D eigenvalue weighted by Gasteiger charge is -2.24. The fourth-order valence-electron chi connectivity index (χ4n) is 9.18. The SMILES string of the molecule is c1ccc2cc(C3N=C(c4ccc5sc6ccccc6c5c4)N=C(c4cc(-n5c6ccccc6c6cc7ccccc7cc65)cc5c4oc4ccccc45)N3)ccc2c1. The summed E-state index contributed by atoms with van der Waals surface area (Å²) < 4.78 is 11.7. The molecule has 1 unspecified atom stereocenters. The largest absolute Gasteiger partial charge is 0.455 e. The molecule has 12 aromatic rings. The van der Waals surface area contributed by atoms with Gasteiger partial charge >= 0.3 is 0 Å². The zero-order valence-corrected chi connectivity index (χ0v) is 32.4. The highest BCUT2D eigenvalue weighted by atomic mass is 32.1. The van der Waals surface area contributed by atoms with Gasteiger partial charge in [-0.1, -0.05) is 115 Å². The number of rotatable bonds is 4. The highest BCUT2D eigenvalue weighted by molar-refractivity contribution is 7.25. The van der Waals surface area contributed by atoms with Crippen molar-refractivity contribution in [3.63, 3.8) is 0 Å². The van der Waals surface area contributed by atoms with E-state index in [2.05, 4.69) is 180 Å². The van der Waals surface area contributed by atoms with Gasteiger partial charge < -0.3 is 14.3 Å². The second-order valence-electron chi connectivity index (χ2n) is 15.4. The number of nitrogens with one attached hydrogen (secondary N) is 1. The topological polar surface area (TPSA) is 54.8 Å². The molecule has 276 valence electrons. The van der Waals surface area contributed by atoms with E-state index in [0.29, 0.717) is 11.7 Å². The van der Waals surface area contributed by atoms with Crippen LogP contribution in [0.3, 0.4) is 0 Å². The van der Waals surface area contributed by atoms with Gasteiger partial charge in [-0.2, -0.15) is 0 Å². The molecule has 0 radical (unpaired) electrons. The second kappa shape index (κ2) is 12.5. The van der Waals surface area contributed by atoms with Crippen LogP contribution in [0.25, 0.3) is 91.1 Å². The zero-order chi connectivity index (χ0) is 38.6. The fraction of sp³-hybridized carbons (Fsp3) is 0.0189. The summed E-state index contributed by atoms with van der Waals surface area (Å²) in [5, 5.41) is 15.6. The van der Waals surface area contributed by atoms with Gasteiger partial charge in [0.2, 0.25) is 0 Å². The Bertz CT molecular complexity index is 3790. The van der Waals surface area contributed by atoms with Crippen LogP contribution in [-0.4, -0.2) is 16.2 Å². The lowest BCUT2D eigenvalue weighted by molar-refractivity contribution is 0.660. The summed E-state index contributed by atoms with van der Waals surface area (Å²) in [5.74, 6) is 1.38. The molecule has 4 heterocycles. The summed E-state index contributed by atoms with van der Waals surface area (Å²) in [6.07, 6.45) is -0.403. The van der Waals surface area contributed by atoms with E-state index in [1.165, 1.54) is 52.5 Å². The second-order valence-corrected chi connectivity index (χ2v) is 16.5. The first kappa shape index (κ1) is 32.5. The van der Waals surface area contributed by atoms with E-state index in [1.54, 1.807) is 0 Å². The molecular formula is C53H32N4OS. The number of hydrogen-bond donors (Lipinski definition) is 1. The van der Waals surface area contributed by atoms with E-state index in [-0.39, 0.29) is 0 Å². The fourth-order valence-corrected chi connectivity index (χ4v) is 10.3. The molecule has 1 aliphatic rings. The van der Waals surface area contributed by atoms with Gasteiger partial charge in [0.25, 0.3) is 0 Å². The van der Waals surface area contributed by atoms with Crippen LogP contribution in [0.4, 0.5) is 0 Å². The van der Waals surface area contributed by atoms with Crippen molar-refractivity contribution >= 4 is 108 Å². The number of amidine groups is 2. The molecule has 0 spiro atoms. The first-order valence-corrected chi connectivity index (χ1v) is 20.7. The maximum atomic E-state index is 6.81. The van der Waals surface area contributed by atoms with E-state index in [4.69, 9.17) is 14.4 Å². The van der Waals surface area contributed by atoms with Crippen LogP contribution in [0, 0.1) is 0 Å².